The van der Waals surface area contributed by atoms with Crippen LogP contribution in [-0.4, -0.2) is 28.4 Å². The molecule has 2 aromatic rings. The minimum atomic E-state index is -5.64. The van der Waals surface area contributed by atoms with Crippen molar-refractivity contribution in [2.45, 2.75) is 18.5 Å². The Kier molecular flexibility index (Phi) is 3.87. The lowest BCUT2D eigenvalue weighted by Crippen LogP contribution is -2.46. The van der Waals surface area contributed by atoms with E-state index in [1.165, 1.54) is 24.3 Å². The second-order valence-electron chi connectivity index (χ2n) is 3.90. The third kappa shape index (κ3) is 3.46. The van der Waals surface area contributed by atoms with Crippen molar-refractivity contribution in [2.75, 3.05) is 0 Å². The van der Waals surface area contributed by atoms with Gasteiger partial charge in [-0.05, 0) is 23.7 Å². The summed E-state index contributed by atoms with van der Waals surface area (Å²) >= 11 is 5.47. The van der Waals surface area contributed by atoms with Gasteiger partial charge < -0.3 is 4.74 Å². The molecule has 0 atom stereocenters. The third-order valence-electron chi connectivity index (χ3n) is 2.37. The van der Waals surface area contributed by atoms with E-state index in [2.05, 4.69) is 14.7 Å². The summed E-state index contributed by atoms with van der Waals surface area (Å²) in [6.07, 6.45) is -15.3. The van der Waals surface area contributed by atoms with Gasteiger partial charge in [0, 0.05) is 0 Å². The lowest BCUT2D eigenvalue weighted by Gasteiger charge is -2.23. The number of alkyl halides is 6. The van der Waals surface area contributed by atoms with Gasteiger partial charge in [-0.3, -0.25) is 0 Å². The van der Waals surface area contributed by atoms with Gasteiger partial charge in [-0.15, -0.1) is 0 Å². The Hall–Kier alpha value is -1.77. The molecule has 0 spiro atoms. The summed E-state index contributed by atoms with van der Waals surface area (Å²) in [7, 11) is 0. The molecule has 114 valence electrons. The van der Waals surface area contributed by atoms with Gasteiger partial charge in [0.25, 0.3) is 6.10 Å². The zero-order valence-electron chi connectivity index (χ0n) is 9.84. The van der Waals surface area contributed by atoms with Crippen LogP contribution in [0.4, 0.5) is 26.3 Å². The van der Waals surface area contributed by atoms with E-state index in [4.69, 9.17) is 11.6 Å². The first-order chi connectivity index (χ1) is 9.59. The summed E-state index contributed by atoms with van der Waals surface area (Å²) in [5.74, 6) is -0.884. The fraction of sp³-hybridized carbons (Fsp3) is 0.273. The molecule has 0 saturated carbocycles. The Balaban J connectivity index is 2.51. The van der Waals surface area contributed by atoms with E-state index in [1.54, 1.807) is 0 Å². The Morgan fingerprint density at radius 1 is 0.952 bits per heavy atom. The molecular formula is C11H5ClF6N2O. The highest BCUT2D eigenvalue weighted by Gasteiger charge is 2.59. The molecule has 0 aliphatic heterocycles. The molecule has 1 aromatic heterocycles. The highest BCUT2D eigenvalue weighted by atomic mass is 35.5. The SMILES string of the molecule is FC(F)(F)C(Oc1nc(Cl)nc2ccccc12)C(F)(F)F. The van der Waals surface area contributed by atoms with E-state index in [1.807, 2.05) is 0 Å². The number of hydrogen-bond acceptors (Lipinski definition) is 3. The molecule has 0 saturated heterocycles. The van der Waals surface area contributed by atoms with Gasteiger partial charge in [-0.2, -0.15) is 31.3 Å². The molecule has 10 heteroatoms. The quantitative estimate of drug-likeness (QED) is 0.613. The number of para-hydroxylation sites is 1. The maximum absolute atomic E-state index is 12.5. The van der Waals surface area contributed by atoms with Crippen LogP contribution in [0.15, 0.2) is 24.3 Å². The summed E-state index contributed by atoms with van der Waals surface area (Å²) in [4.78, 5) is 6.98. The summed E-state index contributed by atoms with van der Waals surface area (Å²) in [6.45, 7) is 0. The molecule has 2 rings (SSSR count). The van der Waals surface area contributed by atoms with Gasteiger partial charge in [-0.1, -0.05) is 12.1 Å². The average molecular weight is 331 g/mol. The summed E-state index contributed by atoms with van der Waals surface area (Å²) in [5, 5.41) is -0.632. The van der Waals surface area contributed by atoms with Gasteiger partial charge >= 0.3 is 12.4 Å². The summed E-state index contributed by atoms with van der Waals surface area (Å²) in [5.41, 5.74) is 0.0654. The van der Waals surface area contributed by atoms with Crippen LogP contribution >= 0.6 is 11.6 Å². The maximum Gasteiger partial charge on any atom is 0.434 e. The first kappa shape index (κ1) is 15.6. The minimum absolute atomic E-state index is 0.0654. The van der Waals surface area contributed by atoms with Gasteiger partial charge in [0.2, 0.25) is 11.2 Å². The zero-order valence-corrected chi connectivity index (χ0v) is 10.6. The predicted molar refractivity (Wildman–Crippen MR) is 61.1 cm³/mol. The molecule has 3 nitrogen and oxygen atoms in total. The molecule has 0 bridgehead atoms. The Morgan fingerprint density at radius 3 is 2.10 bits per heavy atom. The number of halogens is 7. The third-order valence-corrected chi connectivity index (χ3v) is 2.53. The molecule has 21 heavy (non-hydrogen) atoms. The molecule has 0 fully saturated rings. The number of benzene rings is 1. The molecule has 0 radical (unpaired) electrons. The van der Waals surface area contributed by atoms with Crippen LogP contribution in [0.5, 0.6) is 5.88 Å². The van der Waals surface area contributed by atoms with Crippen LogP contribution in [0, 0.1) is 0 Å². The van der Waals surface area contributed by atoms with E-state index in [-0.39, 0.29) is 10.9 Å². The highest BCUT2D eigenvalue weighted by molar-refractivity contribution is 6.28. The molecule has 0 N–H and O–H groups in total. The lowest BCUT2D eigenvalue weighted by atomic mass is 10.2. The van der Waals surface area contributed by atoms with Crippen molar-refractivity contribution in [2.24, 2.45) is 0 Å². The minimum Gasteiger partial charge on any atom is -0.454 e. The van der Waals surface area contributed by atoms with Crippen molar-refractivity contribution in [3.8, 4) is 5.88 Å². The molecule has 0 amide bonds. The second-order valence-corrected chi connectivity index (χ2v) is 4.23. The average Bonchev–Trinajstić information content (AvgIpc) is 2.32. The van der Waals surface area contributed by atoms with E-state index < -0.39 is 29.6 Å². The zero-order chi connectivity index (χ0) is 15.8. The number of hydrogen-bond donors (Lipinski definition) is 0. The first-order valence-electron chi connectivity index (χ1n) is 5.31. The van der Waals surface area contributed by atoms with Crippen molar-refractivity contribution in [3.63, 3.8) is 0 Å². The molecule has 0 aliphatic carbocycles. The Morgan fingerprint density at radius 2 is 1.52 bits per heavy atom. The van der Waals surface area contributed by atoms with Crippen LogP contribution in [0.2, 0.25) is 5.28 Å². The molecular weight excluding hydrogens is 326 g/mol. The van der Waals surface area contributed by atoms with Gasteiger partial charge in [0.15, 0.2) is 0 Å². The van der Waals surface area contributed by atoms with Gasteiger partial charge in [0.05, 0.1) is 10.9 Å². The largest absolute Gasteiger partial charge is 0.454 e. The van der Waals surface area contributed by atoms with Crippen molar-refractivity contribution in [1.82, 2.24) is 9.97 Å². The van der Waals surface area contributed by atoms with Crippen LogP contribution in [0.3, 0.4) is 0 Å². The lowest BCUT2D eigenvalue weighted by molar-refractivity contribution is -0.300. The molecule has 0 unspecified atom stereocenters. The van der Waals surface area contributed by atoms with Gasteiger partial charge in [-0.25, -0.2) is 4.98 Å². The fourth-order valence-electron chi connectivity index (χ4n) is 1.54. The van der Waals surface area contributed by atoms with E-state index in [0.29, 0.717) is 0 Å². The van der Waals surface area contributed by atoms with E-state index in [0.717, 1.165) is 0 Å². The van der Waals surface area contributed by atoms with Crippen LogP contribution in [0.25, 0.3) is 10.9 Å². The van der Waals surface area contributed by atoms with Crippen molar-refractivity contribution in [3.05, 3.63) is 29.5 Å². The standard InChI is InChI=1S/C11H5ClF6N2O/c12-9-19-6-4-2-1-3-5(6)7(20-9)21-8(10(13,14)15)11(16,17)18/h1-4,8H. The van der Waals surface area contributed by atoms with Crippen molar-refractivity contribution in [1.29, 1.82) is 0 Å². The number of nitrogens with zero attached hydrogens (tertiary/aromatic N) is 2. The Bertz CT molecular complexity index is 643. The van der Waals surface area contributed by atoms with Crippen LogP contribution in [-0.2, 0) is 0 Å². The second kappa shape index (κ2) is 5.21. The number of rotatable bonds is 2. The first-order valence-corrected chi connectivity index (χ1v) is 5.69. The van der Waals surface area contributed by atoms with Crippen molar-refractivity contribution >= 4 is 22.5 Å². The highest BCUT2D eigenvalue weighted by Crippen LogP contribution is 2.37. The normalized spacial score (nSPS) is 13.0. The molecule has 1 heterocycles. The maximum atomic E-state index is 12.5. The summed E-state index contributed by atoms with van der Waals surface area (Å²) < 4.78 is 78.9. The van der Waals surface area contributed by atoms with Crippen molar-refractivity contribution < 1.29 is 31.1 Å². The van der Waals surface area contributed by atoms with Crippen LogP contribution in [0.1, 0.15) is 0 Å². The van der Waals surface area contributed by atoms with E-state index in [9.17, 15) is 26.3 Å². The predicted octanol–water partition coefficient (Wildman–Crippen LogP) is 4.16. The van der Waals surface area contributed by atoms with E-state index >= 15 is 0 Å². The molecule has 1 aromatic carbocycles. The number of aromatic nitrogens is 2. The smallest absolute Gasteiger partial charge is 0.434 e. The Labute approximate surface area is 118 Å². The van der Waals surface area contributed by atoms with Gasteiger partial charge in [0.1, 0.15) is 0 Å². The van der Waals surface area contributed by atoms with Crippen LogP contribution < -0.4 is 4.74 Å². The molecule has 0 aliphatic rings. The number of ether oxygens (including phenoxy) is 1. The summed E-state index contributed by atoms with van der Waals surface area (Å²) in [6, 6.07) is 5.46. The monoisotopic (exact) mass is 330 g/mol. The topological polar surface area (TPSA) is 35.0 Å². The number of fused-ring (bicyclic) bond motifs is 1. The fourth-order valence-corrected chi connectivity index (χ4v) is 1.71.